The molecule has 1 aliphatic rings. The molecule has 0 atom stereocenters. The zero-order valence-electron chi connectivity index (χ0n) is 17.7. The van der Waals surface area contributed by atoms with Crippen LogP contribution < -0.4 is 5.32 Å². The SMILES string of the molecule is CN(C(=O)CSc1ccccc1C(=O)OCC(=O)NCc1cccs1)C1CCCCC1. The lowest BCUT2D eigenvalue weighted by Gasteiger charge is -2.31. The highest BCUT2D eigenvalue weighted by Crippen LogP contribution is 2.26. The van der Waals surface area contributed by atoms with Crippen LogP contribution >= 0.6 is 23.1 Å². The molecule has 0 radical (unpaired) electrons. The van der Waals surface area contributed by atoms with Crippen LogP contribution in [0, 0.1) is 0 Å². The number of amides is 2. The molecule has 0 spiro atoms. The monoisotopic (exact) mass is 460 g/mol. The maximum Gasteiger partial charge on any atom is 0.339 e. The van der Waals surface area contributed by atoms with Crippen LogP contribution in [0.5, 0.6) is 0 Å². The highest BCUT2D eigenvalue weighted by atomic mass is 32.2. The zero-order valence-corrected chi connectivity index (χ0v) is 19.3. The Balaban J connectivity index is 1.48. The minimum atomic E-state index is -0.567. The average Bonchev–Trinajstić information content (AvgIpc) is 3.33. The van der Waals surface area contributed by atoms with Crippen LogP contribution in [0.15, 0.2) is 46.7 Å². The third kappa shape index (κ3) is 7.11. The van der Waals surface area contributed by atoms with Crippen molar-refractivity contribution < 1.29 is 19.1 Å². The van der Waals surface area contributed by atoms with Crippen molar-refractivity contribution in [3.05, 3.63) is 52.2 Å². The number of hydrogen-bond acceptors (Lipinski definition) is 6. The van der Waals surface area contributed by atoms with Gasteiger partial charge in [-0.1, -0.05) is 37.5 Å². The van der Waals surface area contributed by atoms with Crippen LogP contribution in [0.25, 0.3) is 0 Å². The van der Waals surface area contributed by atoms with Gasteiger partial charge < -0.3 is 15.0 Å². The summed E-state index contributed by atoms with van der Waals surface area (Å²) in [7, 11) is 1.87. The molecule has 6 nitrogen and oxygen atoms in total. The summed E-state index contributed by atoms with van der Waals surface area (Å²) >= 11 is 2.88. The number of hydrogen-bond donors (Lipinski definition) is 1. The summed E-state index contributed by atoms with van der Waals surface area (Å²) in [6.07, 6.45) is 5.71. The number of carbonyl (C=O) groups excluding carboxylic acids is 3. The fourth-order valence-electron chi connectivity index (χ4n) is 3.53. The first kappa shape index (κ1) is 23.3. The number of thioether (sulfide) groups is 1. The minimum Gasteiger partial charge on any atom is -0.452 e. The van der Waals surface area contributed by atoms with Gasteiger partial charge in [0.05, 0.1) is 17.9 Å². The highest BCUT2D eigenvalue weighted by Gasteiger charge is 2.23. The van der Waals surface area contributed by atoms with Crippen LogP contribution in [0.3, 0.4) is 0 Å². The molecule has 0 bridgehead atoms. The first-order valence-corrected chi connectivity index (χ1v) is 12.3. The highest BCUT2D eigenvalue weighted by molar-refractivity contribution is 8.00. The first-order chi connectivity index (χ1) is 15.0. The van der Waals surface area contributed by atoms with Gasteiger partial charge in [0.2, 0.25) is 5.91 Å². The molecule has 31 heavy (non-hydrogen) atoms. The molecule has 8 heteroatoms. The van der Waals surface area contributed by atoms with Crippen molar-refractivity contribution in [3.8, 4) is 0 Å². The molecule has 1 aliphatic carbocycles. The number of nitrogens with zero attached hydrogens (tertiary/aromatic N) is 1. The lowest BCUT2D eigenvalue weighted by molar-refractivity contribution is -0.129. The Bertz CT molecular complexity index is 879. The molecule has 1 fully saturated rings. The van der Waals surface area contributed by atoms with Gasteiger partial charge in [-0.2, -0.15) is 0 Å². The standard InChI is InChI=1S/C23H28N2O4S2/c1-25(17-8-3-2-4-9-17)22(27)16-31-20-12-6-5-11-19(20)23(28)29-15-21(26)24-14-18-10-7-13-30-18/h5-7,10-13,17H,2-4,8-9,14-16H2,1H3,(H,24,26). The second-order valence-corrected chi connectivity index (χ2v) is 9.56. The van der Waals surface area contributed by atoms with E-state index in [-0.39, 0.29) is 24.2 Å². The Morgan fingerprint density at radius 3 is 2.65 bits per heavy atom. The Labute approximate surface area is 191 Å². The smallest absolute Gasteiger partial charge is 0.339 e. The van der Waals surface area contributed by atoms with Gasteiger partial charge in [0.25, 0.3) is 5.91 Å². The number of benzene rings is 1. The second-order valence-electron chi connectivity index (χ2n) is 7.51. The van der Waals surface area contributed by atoms with Crippen LogP contribution in [0.2, 0.25) is 0 Å². The maximum atomic E-state index is 12.6. The Morgan fingerprint density at radius 1 is 1.13 bits per heavy atom. The average molecular weight is 461 g/mol. The van der Waals surface area contributed by atoms with Crippen molar-refractivity contribution in [1.82, 2.24) is 10.2 Å². The molecular formula is C23H28N2O4S2. The van der Waals surface area contributed by atoms with Gasteiger partial charge in [0, 0.05) is 22.9 Å². The van der Waals surface area contributed by atoms with Crippen molar-refractivity contribution in [2.24, 2.45) is 0 Å². The van der Waals surface area contributed by atoms with E-state index in [1.54, 1.807) is 29.5 Å². The fourth-order valence-corrected chi connectivity index (χ4v) is 5.14. The largest absolute Gasteiger partial charge is 0.452 e. The van der Waals surface area contributed by atoms with E-state index in [2.05, 4.69) is 5.32 Å². The summed E-state index contributed by atoms with van der Waals surface area (Å²) in [6.45, 7) is 0.0731. The van der Waals surface area contributed by atoms with Gasteiger partial charge in [-0.15, -0.1) is 23.1 Å². The number of nitrogens with one attached hydrogen (secondary N) is 1. The summed E-state index contributed by atoms with van der Waals surface area (Å²) in [5.41, 5.74) is 0.367. The maximum absolute atomic E-state index is 12.6. The van der Waals surface area contributed by atoms with Gasteiger partial charge in [0.1, 0.15) is 0 Å². The van der Waals surface area contributed by atoms with E-state index in [9.17, 15) is 14.4 Å². The van der Waals surface area contributed by atoms with E-state index in [1.807, 2.05) is 35.5 Å². The normalized spacial score (nSPS) is 14.1. The van der Waals surface area contributed by atoms with Crippen molar-refractivity contribution in [2.45, 2.75) is 49.6 Å². The van der Waals surface area contributed by atoms with Crippen molar-refractivity contribution in [3.63, 3.8) is 0 Å². The van der Waals surface area contributed by atoms with Crippen LogP contribution in [0.1, 0.15) is 47.3 Å². The molecule has 1 heterocycles. The molecule has 0 unspecified atom stereocenters. The Hall–Kier alpha value is -2.32. The second kappa shape index (κ2) is 11.9. The predicted molar refractivity (Wildman–Crippen MR) is 123 cm³/mol. The summed E-state index contributed by atoms with van der Waals surface area (Å²) in [5, 5.41) is 4.67. The van der Waals surface area contributed by atoms with Crippen LogP contribution in [-0.2, 0) is 20.9 Å². The summed E-state index contributed by atoms with van der Waals surface area (Å²) in [5.74, 6) is -0.592. The Morgan fingerprint density at radius 2 is 1.90 bits per heavy atom. The lowest BCUT2D eigenvalue weighted by Crippen LogP contribution is -2.39. The summed E-state index contributed by atoms with van der Waals surface area (Å²) < 4.78 is 5.19. The molecule has 1 N–H and O–H groups in total. The van der Waals surface area contributed by atoms with E-state index >= 15 is 0 Å². The van der Waals surface area contributed by atoms with E-state index in [4.69, 9.17) is 4.74 Å². The quantitative estimate of drug-likeness (QED) is 0.450. The van der Waals surface area contributed by atoms with Gasteiger partial charge in [-0.05, 0) is 36.4 Å². The molecule has 2 aromatic rings. The predicted octanol–water partition coefficient (Wildman–Crippen LogP) is 4.10. The number of thiophene rings is 1. The van der Waals surface area contributed by atoms with Crippen molar-refractivity contribution in [1.29, 1.82) is 0 Å². The molecule has 2 amide bonds. The number of ether oxygens (including phenoxy) is 1. The number of rotatable bonds is 9. The van der Waals surface area contributed by atoms with E-state index in [0.29, 0.717) is 23.0 Å². The van der Waals surface area contributed by atoms with Gasteiger partial charge in [0.15, 0.2) is 6.61 Å². The number of carbonyl (C=O) groups is 3. The van der Waals surface area contributed by atoms with Crippen molar-refractivity contribution >= 4 is 40.9 Å². The molecule has 1 aromatic heterocycles. The Kier molecular flexibility index (Phi) is 8.97. The van der Waals surface area contributed by atoms with Crippen molar-refractivity contribution in [2.75, 3.05) is 19.4 Å². The topological polar surface area (TPSA) is 75.7 Å². The van der Waals surface area contributed by atoms with Crippen LogP contribution in [0.4, 0.5) is 0 Å². The first-order valence-electron chi connectivity index (χ1n) is 10.5. The van der Waals surface area contributed by atoms with E-state index < -0.39 is 5.97 Å². The third-order valence-electron chi connectivity index (χ3n) is 5.35. The summed E-state index contributed by atoms with van der Waals surface area (Å²) in [4.78, 5) is 40.7. The number of esters is 1. The van der Waals surface area contributed by atoms with Gasteiger partial charge in [-0.25, -0.2) is 4.79 Å². The minimum absolute atomic E-state index is 0.0630. The summed E-state index contributed by atoms with van der Waals surface area (Å²) in [6, 6.07) is 11.2. The lowest BCUT2D eigenvalue weighted by atomic mass is 9.94. The molecule has 3 rings (SSSR count). The molecule has 0 aliphatic heterocycles. The molecular weight excluding hydrogens is 432 g/mol. The fraction of sp³-hybridized carbons (Fsp3) is 0.435. The van der Waals surface area contributed by atoms with Crippen LogP contribution in [-0.4, -0.2) is 48.1 Å². The van der Waals surface area contributed by atoms with E-state index in [1.165, 1.54) is 31.0 Å². The van der Waals surface area contributed by atoms with E-state index in [0.717, 1.165) is 17.7 Å². The molecule has 1 aromatic carbocycles. The molecule has 166 valence electrons. The zero-order chi connectivity index (χ0) is 22.1. The van der Waals surface area contributed by atoms with Gasteiger partial charge >= 0.3 is 5.97 Å². The molecule has 1 saturated carbocycles. The van der Waals surface area contributed by atoms with Gasteiger partial charge in [-0.3, -0.25) is 9.59 Å². The third-order valence-corrected chi connectivity index (χ3v) is 7.28. The molecule has 0 saturated heterocycles.